The molecule has 1 aromatic heterocycles. The second-order valence-corrected chi connectivity index (χ2v) is 18.0. The molecular formula is C47H58ClF3N10O7. The number of methoxy groups -OCH3 is 1. The number of amides is 6. The summed E-state index contributed by atoms with van der Waals surface area (Å²) in [7, 11) is 2.77. The number of halogens is 4. The Morgan fingerprint density at radius 3 is 2.37 bits per heavy atom. The largest absolute Gasteiger partial charge is 0.573 e. The Kier molecular flexibility index (Phi) is 15.8. The van der Waals surface area contributed by atoms with Crippen molar-refractivity contribution in [2.45, 2.75) is 90.3 Å². The van der Waals surface area contributed by atoms with E-state index in [9.17, 15) is 37.1 Å². The lowest BCUT2D eigenvalue weighted by Crippen LogP contribution is -2.62. The van der Waals surface area contributed by atoms with E-state index >= 15 is 0 Å². The summed E-state index contributed by atoms with van der Waals surface area (Å²) in [5, 5.41) is 7.79. The number of allylic oxidation sites excluding steroid dienone is 2. The van der Waals surface area contributed by atoms with Crippen LogP contribution in [0, 0.1) is 5.92 Å². The fourth-order valence-electron chi connectivity index (χ4n) is 8.96. The molecule has 17 nitrogen and oxygen atoms in total. The van der Waals surface area contributed by atoms with Gasteiger partial charge in [-0.25, -0.2) is 19.6 Å². The highest BCUT2D eigenvalue weighted by Crippen LogP contribution is 2.41. The number of H-pyrrole nitrogens is 1. The third-order valence-electron chi connectivity index (χ3n) is 12.7. The van der Waals surface area contributed by atoms with E-state index in [-0.39, 0.29) is 57.7 Å². The lowest BCUT2D eigenvalue weighted by atomic mass is 9.96. The summed E-state index contributed by atoms with van der Waals surface area (Å²) in [6.45, 7) is 14.7. The molecule has 0 aliphatic carbocycles. The molecule has 4 atom stereocenters. The smallest absolute Gasteiger partial charge is 0.453 e. The maximum Gasteiger partial charge on any atom is 0.573 e. The number of piperazine rings is 1. The van der Waals surface area contributed by atoms with Crippen LogP contribution in [-0.4, -0.2) is 137 Å². The number of aliphatic imine (C=N–C) groups is 1. The molecule has 366 valence electrons. The van der Waals surface area contributed by atoms with E-state index in [1.54, 1.807) is 58.2 Å². The molecule has 4 unspecified atom stereocenters. The molecule has 0 radical (unpaired) electrons. The second-order valence-electron chi connectivity index (χ2n) is 17.5. The Labute approximate surface area is 398 Å². The van der Waals surface area contributed by atoms with Crippen LogP contribution in [0.25, 0.3) is 22.4 Å². The molecule has 4 N–H and O–H groups in total. The fraction of sp³-hybridized carbons (Fsp3) is 0.468. The Balaban J connectivity index is 1.14. The third kappa shape index (κ3) is 11.2. The number of hydrogen-bond donors (Lipinski definition) is 4. The van der Waals surface area contributed by atoms with E-state index in [1.807, 2.05) is 25.7 Å². The predicted octanol–water partition coefficient (Wildman–Crippen LogP) is 7.49. The summed E-state index contributed by atoms with van der Waals surface area (Å²) in [6.07, 6.45) is 1.57. The number of aromatic nitrogens is 2. The van der Waals surface area contributed by atoms with Crippen LogP contribution < -0.4 is 20.7 Å². The number of imidazole rings is 1. The highest BCUT2D eigenvalue weighted by molar-refractivity contribution is 6.34. The van der Waals surface area contributed by atoms with Gasteiger partial charge in [0.05, 0.1) is 35.8 Å². The molecule has 4 heterocycles. The molecule has 6 amide bonds. The standard InChI is InChI=1S/C47H58ClF3N10O7/c1-27(2)39(57-45(66)67-8)42(63)60-19-9-11-36(60)40-54-25-35(55-40)31-15-13-30(14-16-31)32-23-33(48)34(24-37(32)68-47(49,50)51)56-41(62)28(3)12-17-38(52-6)59-22-21-58(26-29(59)4)43(64)46(5)18-10-20-61(46)44(65)53-7/h12-17,23-25,27,29,36,39H,6,9-11,18-22,26H2,1-5,7-8H3,(H,53,65)(H,54,55)(H,56,62)(H,57,66). The van der Waals surface area contributed by atoms with Crippen molar-refractivity contribution >= 4 is 53.9 Å². The maximum absolute atomic E-state index is 13.8. The van der Waals surface area contributed by atoms with Crippen LogP contribution in [0.5, 0.6) is 5.75 Å². The number of carbonyl (C=O) groups is 5. The molecule has 68 heavy (non-hydrogen) atoms. The first-order valence-electron chi connectivity index (χ1n) is 22.3. The number of ether oxygens (including phenoxy) is 2. The number of aromatic amines is 1. The van der Waals surface area contributed by atoms with Gasteiger partial charge in [0.25, 0.3) is 5.91 Å². The fourth-order valence-corrected chi connectivity index (χ4v) is 9.17. The van der Waals surface area contributed by atoms with Crippen LogP contribution in [0.1, 0.15) is 72.2 Å². The second kappa shape index (κ2) is 21.2. The van der Waals surface area contributed by atoms with Crippen LogP contribution in [0.15, 0.2) is 71.1 Å². The number of carbonyl (C=O) groups excluding carboxylic acids is 5. The molecule has 6 rings (SSSR count). The quantitative estimate of drug-likeness (QED) is 0.0763. The van der Waals surface area contributed by atoms with Crippen molar-refractivity contribution in [3.05, 3.63) is 77.0 Å². The van der Waals surface area contributed by atoms with Gasteiger partial charge in [-0.2, -0.15) is 0 Å². The van der Waals surface area contributed by atoms with Gasteiger partial charge >= 0.3 is 18.5 Å². The number of benzene rings is 2. The molecule has 21 heteroatoms. The predicted molar refractivity (Wildman–Crippen MR) is 251 cm³/mol. The summed E-state index contributed by atoms with van der Waals surface area (Å²) in [6, 6.07) is 7.20. The molecule has 0 spiro atoms. The average Bonchev–Trinajstić information content (AvgIpc) is 4.09. The van der Waals surface area contributed by atoms with Gasteiger partial charge in [-0.15, -0.1) is 13.2 Å². The van der Waals surface area contributed by atoms with Crippen molar-refractivity contribution in [2.75, 3.05) is 52.2 Å². The highest BCUT2D eigenvalue weighted by atomic mass is 35.5. The molecule has 3 aliphatic rings. The van der Waals surface area contributed by atoms with E-state index in [4.69, 9.17) is 16.3 Å². The van der Waals surface area contributed by atoms with Crippen molar-refractivity contribution in [3.8, 4) is 28.1 Å². The van der Waals surface area contributed by atoms with Crippen molar-refractivity contribution in [3.63, 3.8) is 0 Å². The zero-order valence-corrected chi connectivity index (χ0v) is 39.9. The van der Waals surface area contributed by atoms with E-state index in [2.05, 4.69) is 42.4 Å². The molecule has 0 saturated carbocycles. The highest BCUT2D eigenvalue weighted by Gasteiger charge is 2.48. The lowest BCUT2D eigenvalue weighted by Gasteiger charge is -2.45. The first-order valence-corrected chi connectivity index (χ1v) is 22.7. The zero-order chi connectivity index (χ0) is 49.7. The van der Waals surface area contributed by atoms with E-state index in [1.165, 1.54) is 33.2 Å². The minimum absolute atomic E-state index is 0.0106. The minimum atomic E-state index is -5.08. The third-order valence-corrected chi connectivity index (χ3v) is 13.0. The van der Waals surface area contributed by atoms with Gasteiger partial charge in [-0.05, 0) is 82.4 Å². The molecule has 2 aromatic carbocycles. The van der Waals surface area contributed by atoms with Gasteiger partial charge in [0.15, 0.2) is 0 Å². The topological polar surface area (TPSA) is 194 Å². The Bertz CT molecular complexity index is 2460. The number of alkyl halides is 3. The van der Waals surface area contributed by atoms with Crippen LogP contribution in [0.3, 0.4) is 0 Å². The summed E-state index contributed by atoms with van der Waals surface area (Å²) in [4.78, 5) is 84.3. The van der Waals surface area contributed by atoms with Crippen LogP contribution in [0.2, 0.25) is 5.02 Å². The summed E-state index contributed by atoms with van der Waals surface area (Å²) in [5.41, 5.74) is 0.703. The molecule has 3 aliphatic heterocycles. The summed E-state index contributed by atoms with van der Waals surface area (Å²) >= 11 is 6.62. The van der Waals surface area contributed by atoms with E-state index < -0.39 is 35.7 Å². The summed E-state index contributed by atoms with van der Waals surface area (Å²) < 4.78 is 50.7. The Morgan fingerprint density at radius 2 is 1.74 bits per heavy atom. The Morgan fingerprint density at radius 1 is 1.03 bits per heavy atom. The van der Waals surface area contributed by atoms with Gasteiger partial charge in [-0.1, -0.05) is 55.8 Å². The van der Waals surface area contributed by atoms with Gasteiger partial charge < -0.3 is 50.0 Å². The van der Waals surface area contributed by atoms with Crippen molar-refractivity contribution in [2.24, 2.45) is 10.9 Å². The number of alkyl carbamates (subject to hydrolysis) is 1. The van der Waals surface area contributed by atoms with Crippen molar-refractivity contribution in [1.29, 1.82) is 0 Å². The molecule has 3 saturated heterocycles. The first-order chi connectivity index (χ1) is 32.2. The van der Waals surface area contributed by atoms with E-state index in [0.29, 0.717) is 74.0 Å². The molecule has 3 aromatic rings. The lowest BCUT2D eigenvalue weighted by molar-refractivity contribution is -0.274. The van der Waals surface area contributed by atoms with Gasteiger partial charge in [0.2, 0.25) is 11.8 Å². The van der Waals surface area contributed by atoms with Crippen molar-refractivity contribution in [1.82, 2.24) is 40.2 Å². The normalized spacial score (nSPS) is 20.6. The monoisotopic (exact) mass is 966 g/mol. The maximum atomic E-state index is 13.8. The van der Waals surface area contributed by atoms with E-state index in [0.717, 1.165) is 18.9 Å². The number of likely N-dealkylation sites (tertiary alicyclic amines) is 2. The van der Waals surface area contributed by atoms with Crippen LogP contribution in [0.4, 0.5) is 28.4 Å². The SMILES string of the molecule is C=NC(=CC=C(C)C(=O)Nc1cc(OC(F)(F)F)c(-c2ccc(-c3cnc(C4CCCN4C(=O)C(NC(=O)OC)C(C)C)[nH]3)cc2)cc1Cl)N1CCN(C(=O)C2(C)CCCN2C(=O)NC)CC1C. The van der Waals surface area contributed by atoms with Crippen LogP contribution in [-0.2, 0) is 19.1 Å². The average molecular weight is 967 g/mol. The number of nitrogens with one attached hydrogen (secondary N) is 4. The number of urea groups is 1. The van der Waals surface area contributed by atoms with Gasteiger partial charge in [0, 0.05) is 63.0 Å². The molecule has 3 fully saturated rings. The minimum Gasteiger partial charge on any atom is -0.453 e. The molecule has 0 bridgehead atoms. The first kappa shape index (κ1) is 50.8. The number of rotatable bonds is 13. The zero-order valence-electron chi connectivity index (χ0n) is 39.1. The van der Waals surface area contributed by atoms with Gasteiger partial charge in [0.1, 0.15) is 29.0 Å². The van der Waals surface area contributed by atoms with Gasteiger partial charge in [-0.3, -0.25) is 14.4 Å². The van der Waals surface area contributed by atoms with Crippen molar-refractivity contribution < 1.29 is 46.6 Å². The number of nitrogens with zero attached hydrogens (tertiary/aromatic N) is 6. The Hall–Kier alpha value is -6.57. The molecular weight excluding hydrogens is 909 g/mol. The summed E-state index contributed by atoms with van der Waals surface area (Å²) in [5.74, 6) is -0.850. The van der Waals surface area contributed by atoms with Crippen LogP contribution >= 0.6 is 11.6 Å². The number of anilines is 1. The number of hydrogen-bond acceptors (Lipinski definition) is 10.